The number of halogens is 2. The number of benzene rings is 2. The summed E-state index contributed by atoms with van der Waals surface area (Å²) in [4.78, 5) is 10.9. The van der Waals surface area contributed by atoms with Crippen molar-refractivity contribution in [3.05, 3.63) is 59.7 Å². The average molecular weight is 276 g/mol. The van der Waals surface area contributed by atoms with Gasteiger partial charge in [0.1, 0.15) is 0 Å². The summed E-state index contributed by atoms with van der Waals surface area (Å²) in [5.74, 6) is -1.84. The Morgan fingerprint density at radius 3 is 2.25 bits per heavy atom. The third kappa shape index (κ3) is 3.78. The van der Waals surface area contributed by atoms with E-state index in [0.29, 0.717) is 17.8 Å². The molecule has 1 amide bonds. The van der Waals surface area contributed by atoms with E-state index in [-0.39, 0.29) is 5.91 Å². The Kier molecular flexibility index (Phi) is 4.30. The first-order chi connectivity index (χ1) is 9.54. The van der Waals surface area contributed by atoms with Gasteiger partial charge in [-0.2, -0.15) is 0 Å². The van der Waals surface area contributed by atoms with Gasteiger partial charge in [0.15, 0.2) is 11.6 Å². The smallest absolute Gasteiger partial charge is 0.221 e. The molecule has 0 saturated carbocycles. The molecular weight excluding hydrogens is 262 g/mol. The molecular formula is C15H14F2N2O. The maximum Gasteiger partial charge on any atom is 0.221 e. The lowest BCUT2D eigenvalue weighted by Crippen LogP contribution is -2.05. The van der Waals surface area contributed by atoms with Gasteiger partial charge in [-0.3, -0.25) is 4.79 Å². The predicted octanol–water partition coefficient (Wildman–Crippen LogP) is 3.54. The number of anilines is 2. The molecule has 0 fully saturated rings. The zero-order valence-electron chi connectivity index (χ0n) is 10.9. The van der Waals surface area contributed by atoms with Crippen molar-refractivity contribution < 1.29 is 13.6 Å². The first-order valence-corrected chi connectivity index (χ1v) is 6.10. The molecule has 20 heavy (non-hydrogen) atoms. The van der Waals surface area contributed by atoms with Crippen LogP contribution < -0.4 is 10.6 Å². The van der Waals surface area contributed by atoms with Gasteiger partial charge in [-0.25, -0.2) is 8.78 Å². The third-order valence-corrected chi connectivity index (χ3v) is 2.69. The second-order valence-electron chi connectivity index (χ2n) is 4.36. The number of rotatable bonds is 4. The van der Waals surface area contributed by atoms with Crippen LogP contribution in [0.5, 0.6) is 0 Å². The molecule has 0 heterocycles. The average Bonchev–Trinajstić information content (AvgIpc) is 2.41. The summed E-state index contributed by atoms with van der Waals surface area (Å²) in [6, 6.07) is 10.9. The lowest BCUT2D eigenvalue weighted by atomic mass is 10.2. The number of nitrogens with one attached hydrogen (secondary N) is 2. The zero-order chi connectivity index (χ0) is 14.5. The Balaban J connectivity index is 1.96. The molecule has 2 rings (SSSR count). The van der Waals surface area contributed by atoms with Gasteiger partial charge in [0, 0.05) is 24.8 Å². The summed E-state index contributed by atoms with van der Waals surface area (Å²) in [7, 11) is 0. The minimum Gasteiger partial charge on any atom is -0.381 e. The molecule has 3 nitrogen and oxygen atoms in total. The van der Waals surface area contributed by atoms with Crippen LogP contribution in [0.15, 0.2) is 42.5 Å². The largest absolute Gasteiger partial charge is 0.381 e. The van der Waals surface area contributed by atoms with Crippen molar-refractivity contribution in [2.45, 2.75) is 13.5 Å². The Bertz CT molecular complexity index is 612. The van der Waals surface area contributed by atoms with Gasteiger partial charge in [0.25, 0.3) is 0 Å². The van der Waals surface area contributed by atoms with Gasteiger partial charge < -0.3 is 10.6 Å². The van der Waals surface area contributed by atoms with Gasteiger partial charge in [0.05, 0.1) is 0 Å². The molecule has 0 unspecified atom stereocenters. The van der Waals surface area contributed by atoms with Crippen LogP contribution in [-0.4, -0.2) is 5.91 Å². The van der Waals surface area contributed by atoms with Crippen molar-refractivity contribution in [3.8, 4) is 0 Å². The van der Waals surface area contributed by atoms with E-state index < -0.39 is 11.6 Å². The molecule has 104 valence electrons. The van der Waals surface area contributed by atoms with E-state index in [1.165, 1.54) is 13.0 Å². The first-order valence-electron chi connectivity index (χ1n) is 6.10. The van der Waals surface area contributed by atoms with Gasteiger partial charge in [0.2, 0.25) is 5.91 Å². The van der Waals surface area contributed by atoms with Crippen LogP contribution in [0.4, 0.5) is 20.2 Å². The molecule has 0 bridgehead atoms. The highest BCUT2D eigenvalue weighted by Crippen LogP contribution is 2.15. The summed E-state index contributed by atoms with van der Waals surface area (Å²) in [6.07, 6.45) is 0. The molecule has 0 aliphatic rings. The molecule has 0 aromatic heterocycles. The van der Waals surface area contributed by atoms with Crippen molar-refractivity contribution in [3.63, 3.8) is 0 Å². The van der Waals surface area contributed by atoms with Crippen molar-refractivity contribution in [2.75, 3.05) is 10.6 Å². The van der Waals surface area contributed by atoms with Crippen LogP contribution in [0.1, 0.15) is 12.5 Å². The summed E-state index contributed by atoms with van der Waals surface area (Å²) in [5.41, 5.74) is 2.18. The quantitative estimate of drug-likeness (QED) is 0.896. The SMILES string of the molecule is CC(=O)Nc1ccc(NCc2ccc(F)c(F)c2)cc1. The first kappa shape index (κ1) is 14.0. The second kappa shape index (κ2) is 6.14. The standard InChI is InChI=1S/C15H14F2N2O/c1-10(20)19-13-5-3-12(4-6-13)18-9-11-2-7-14(16)15(17)8-11/h2-8,18H,9H2,1H3,(H,19,20). The number of carbonyl (C=O) groups is 1. The van der Waals surface area contributed by atoms with Gasteiger partial charge in [-0.15, -0.1) is 0 Å². The molecule has 5 heteroatoms. The van der Waals surface area contributed by atoms with Crippen LogP contribution in [-0.2, 0) is 11.3 Å². The van der Waals surface area contributed by atoms with Crippen molar-refractivity contribution in [2.24, 2.45) is 0 Å². The lowest BCUT2D eigenvalue weighted by Gasteiger charge is -2.08. The topological polar surface area (TPSA) is 41.1 Å². The van der Waals surface area contributed by atoms with E-state index in [0.717, 1.165) is 17.8 Å². The number of hydrogen-bond donors (Lipinski definition) is 2. The highest BCUT2D eigenvalue weighted by atomic mass is 19.2. The van der Waals surface area contributed by atoms with Crippen molar-refractivity contribution >= 4 is 17.3 Å². The Labute approximate surface area is 115 Å². The maximum absolute atomic E-state index is 13.0. The normalized spacial score (nSPS) is 10.2. The third-order valence-electron chi connectivity index (χ3n) is 2.69. The Hall–Kier alpha value is -2.43. The number of carbonyl (C=O) groups excluding carboxylic acids is 1. The second-order valence-corrected chi connectivity index (χ2v) is 4.36. The summed E-state index contributed by atoms with van der Waals surface area (Å²) >= 11 is 0. The Morgan fingerprint density at radius 2 is 1.65 bits per heavy atom. The van der Waals surface area contributed by atoms with Crippen LogP contribution in [0.3, 0.4) is 0 Å². The van der Waals surface area contributed by atoms with E-state index in [9.17, 15) is 13.6 Å². The summed E-state index contributed by atoms with van der Waals surface area (Å²) < 4.78 is 25.8. The summed E-state index contributed by atoms with van der Waals surface area (Å²) in [5, 5.41) is 5.75. The highest BCUT2D eigenvalue weighted by Gasteiger charge is 2.02. The summed E-state index contributed by atoms with van der Waals surface area (Å²) in [6.45, 7) is 1.83. The van der Waals surface area contributed by atoms with E-state index in [1.54, 1.807) is 24.3 Å². The molecule has 0 saturated heterocycles. The predicted molar refractivity (Wildman–Crippen MR) is 74.4 cm³/mol. The molecule has 2 aromatic rings. The minimum absolute atomic E-state index is 0.132. The van der Waals surface area contributed by atoms with E-state index in [1.807, 2.05) is 0 Å². The lowest BCUT2D eigenvalue weighted by molar-refractivity contribution is -0.114. The van der Waals surface area contributed by atoms with Gasteiger partial charge in [-0.05, 0) is 42.0 Å². The monoisotopic (exact) mass is 276 g/mol. The fraction of sp³-hybridized carbons (Fsp3) is 0.133. The molecule has 2 aromatic carbocycles. The van der Waals surface area contributed by atoms with Crippen LogP contribution in [0, 0.1) is 11.6 Å². The number of amides is 1. The fourth-order valence-corrected chi connectivity index (χ4v) is 1.73. The van der Waals surface area contributed by atoms with Crippen molar-refractivity contribution in [1.29, 1.82) is 0 Å². The van der Waals surface area contributed by atoms with Crippen LogP contribution in [0.25, 0.3) is 0 Å². The van der Waals surface area contributed by atoms with E-state index in [4.69, 9.17) is 0 Å². The van der Waals surface area contributed by atoms with E-state index >= 15 is 0 Å². The molecule has 0 radical (unpaired) electrons. The zero-order valence-corrected chi connectivity index (χ0v) is 10.9. The number of hydrogen-bond acceptors (Lipinski definition) is 2. The highest BCUT2D eigenvalue weighted by molar-refractivity contribution is 5.88. The Morgan fingerprint density at radius 1 is 1.00 bits per heavy atom. The molecule has 2 N–H and O–H groups in total. The minimum atomic E-state index is -0.856. The van der Waals surface area contributed by atoms with Crippen LogP contribution in [0.2, 0.25) is 0 Å². The van der Waals surface area contributed by atoms with Gasteiger partial charge >= 0.3 is 0 Å². The molecule has 0 spiro atoms. The molecule has 0 aliphatic heterocycles. The molecule has 0 atom stereocenters. The maximum atomic E-state index is 13.0. The fourth-order valence-electron chi connectivity index (χ4n) is 1.73. The van der Waals surface area contributed by atoms with Gasteiger partial charge in [-0.1, -0.05) is 6.07 Å². The van der Waals surface area contributed by atoms with E-state index in [2.05, 4.69) is 10.6 Å². The van der Waals surface area contributed by atoms with Crippen molar-refractivity contribution in [1.82, 2.24) is 0 Å². The molecule has 0 aliphatic carbocycles. The van der Waals surface area contributed by atoms with Crippen LogP contribution >= 0.6 is 0 Å².